The molecule has 3 aromatic rings. The number of fused-ring (bicyclic) bond motifs is 1. The number of carbonyl (C=O) groups excluding carboxylic acids is 3. The summed E-state index contributed by atoms with van der Waals surface area (Å²) < 4.78 is 5.28. The molecule has 3 rings (SSSR count). The Morgan fingerprint density at radius 1 is 1.00 bits per heavy atom. The molecule has 1 atom stereocenters. The Kier molecular flexibility index (Phi) is 6.82. The number of rotatable bonds is 7. The molecule has 1 amide bonds. The Bertz CT molecular complexity index is 1120. The van der Waals surface area contributed by atoms with Crippen LogP contribution in [0.5, 0.6) is 0 Å². The van der Waals surface area contributed by atoms with Crippen LogP contribution in [-0.4, -0.2) is 35.3 Å². The summed E-state index contributed by atoms with van der Waals surface area (Å²) in [4.78, 5) is 41.0. The molecule has 0 fully saturated rings. The van der Waals surface area contributed by atoms with E-state index in [9.17, 15) is 14.4 Å². The number of hydrogen-bond acceptors (Lipinski definition) is 4. The average Bonchev–Trinajstić information content (AvgIpc) is 3.19. The second-order valence-electron chi connectivity index (χ2n) is 9.30. The van der Waals surface area contributed by atoms with Crippen molar-refractivity contribution in [2.75, 3.05) is 6.61 Å². The SMILES string of the molecule is CC(C)C(NC(=O)c1ccc(C(C)(C)C)cc1)C(=O)OCC(=O)c1c[nH]c2ccccc12. The Morgan fingerprint density at radius 3 is 2.28 bits per heavy atom. The minimum Gasteiger partial charge on any atom is -0.456 e. The Balaban J connectivity index is 1.64. The minimum atomic E-state index is -0.861. The van der Waals surface area contributed by atoms with Gasteiger partial charge >= 0.3 is 5.97 Å². The Hall–Kier alpha value is -3.41. The van der Waals surface area contributed by atoms with Gasteiger partial charge in [0.25, 0.3) is 5.91 Å². The molecule has 0 saturated heterocycles. The number of aromatic amines is 1. The van der Waals surface area contributed by atoms with Gasteiger partial charge in [-0.2, -0.15) is 0 Å². The number of carbonyl (C=O) groups is 3. The molecule has 0 aliphatic heterocycles. The zero-order valence-corrected chi connectivity index (χ0v) is 19.2. The summed E-state index contributed by atoms with van der Waals surface area (Å²) in [7, 11) is 0. The van der Waals surface area contributed by atoms with Crippen LogP contribution in [0.3, 0.4) is 0 Å². The highest BCUT2D eigenvalue weighted by molar-refractivity contribution is 6.09. The molecular weight excluding hydrogens is 404 g/mol. The monoisotopic (exact) mass is 434 g/mol. The van der Waals surface area contributed by atoms with Gasteiger partial charge in [0, 0.05) is 28.2 Å². The van der Waals surface area contributed by atoms with Gasteiger partial charge in [0.05, 0.1) is 0 Å². The first-order chi connectivity index (χ1) is 15.1. The van der Waals surface area contributed by atoms with E-state index in [2.05, 4.69) is 31.1 Å². The second-order valence-corrected chi connectivity index (χ2v) is 9.30. The van der Waals surface area contributed by atoms with Crippen molar-refractivity contribution in [3.05, 3.63) is 71.4 Å². The molecule has 2 N–H and O–H groups in total. The van der Waals surface area contributed by atoms with Gasteiger partial charge in [-0.25, -0.2) is 4.79 Å². The first-order valence-electron chi connectivity index (χ1n) is 10.8. The molecule has 0 aliphatic carbocycles. The number of para-hydroxylation sites is 1. The molecule has 32 heavy (non-hydrogen) atoms. The maximum Gasteiger partial charge on any atom is 0.329 e. The number of ketones is 1. The molecule has 168 valence electrons. The van der Waals surface area contributed by atoms with Gasteiger partial charge in [0.15, 0.2) is 6.61 Å². The summed E-state index contributed by atoms with van der Waals surface area (Å²) in [6, 6.07) is 13.9. The number of amides is 1. The van der Waals surface area contributed by atoms with E-state index in [1.165, 1.54) is 0 Å². The number of H-pyrrole nitrogens is 1. The number of hydrogen-bond donors (Lipinski definition) is 2. The van der Waals surface area contributed by atoms with Gasteiger partial charge in [-0.1, -0.05) is 65.0 Å². The normalized spacial score (nSPS) is 12.6. The first kappa shape index (κ1) is 23.3. The van der Waals surface area contributed by atoms with Crippen molar-refractivity contribution in [3.63, 3.8) is 0 Å². The lowest BCUT2D eigenvalue weighted by molar-refractivity contribution is -0.145. The van der Waals surface area contributed by atoms with Crippen molar-refractivity contribution in [1.82, 2.24) is 10.3 Å². The smallest absolute Gasteiger partial charge is 0.329 e. The minimum absolute atomic E-state index is 0.0173. The third-order valence-electron chi connectivity index (χ3n) is 5.46. The molecule has 0 bridgehead atoms. The van der Waals surface area contributed by atoms with E-state index in [-0.39, 0.29) is 29.6 Å². The Morgan fingerprint density at radius 2 is 1.66 bits per heavy atom. The molecule has 0 aliphatic rings. The van der Waals surface area contributed by atoms with Crippen LogP contribution in [0.25, 0.3) is 10.9 Å². The van der Waals surface area contributed by atoms with Crippen LogP contribution in [0.2, 0.25) is 0 Å². The van der Waals surface area contributed by atoms with Crippen LogP contribution >= 0.6 is 0 Å². The maximum absolute atomic E-state index is 12.7. The molecule has 1 heterocycles. The summed E-state index contributed by atoms with van der Waals surface area (Å²) in [6.07, 6.45) is 1.61. The molecular formula is C26H30N2O4. The molecule has 0 spiro atoms. The maximum atomic E-state index is 12.7. The summed E-state index contributed by atoms with van der Waals surface area (Å²) in [5.41, 5.74) is 2.87. The average molecular weight is 435 g/mol. The topological polar surface area (TPSA) is 88.3 Å². The highest BCUT2D eigenvalue weighted by Crippen LogP contribution is 2.22. The van der Waals surface area contributed by atoms with Gasteiger partial charge < -0.3 is 15.0 Å². The second kappa shape index (κ2) is 9.39. The lowest BCUT2D eigenvalue weighted by Crippen LogP contribution is -2.45. The van der Waals surface area contributed by atoms with Crippen LogP contribution in [-0.2, 0) is 14.9 Å². The van der Waals surface area contributed by atoms with E-state index in [0.29, 0.717) is 11.1 Å². The quantitative estimate of drug-likeness (QED) is 0.419. The highest BCUT2D eigenvalue weighted by atomic mass is 16.5. The molecule has 6 nitrogen and oxygen atoms in total. The van der Waals surface area contributed by atoms with Crippen LogP contribution in [0.1, 0.15) is 60.9 Å². The molecule has 6 heteroatoms. The predicted octanol–water partition coefficient (Wildman–Crippen LogP) is 4.65. The lowest BCUT2D eigenvalue weighted by atomic mass is 9.86. The number of nitrogens with one attached hydrogen (secondary N) is 2. The van der Waals surface area contributed by atoms with Crippen molar-refractivity contribution in [1.29, 1.82) is 0 Å². The van der Waals surface area contributed by atoms with E-state index in [1.54, 1.807) is 18.3 Å². The number of benzene rings is 2. The first-order valence-corrected chi connectivity index (χ1v) is 10.8. The molecule has 0 saturated carbocycles. The van der Waals surface area contributed by atoms with Gasteiger partial charge in [-0.3, -0.25) is 9.59 Å². The zero-order valence-electron chi connectivity index (χ0n) is 19.2. The van der Waals surface area contributed by atoms with E-state index in [4.69, 9.17) is 4.74 Å². The zero-order chi connectivity index (χ0) is 23.5. The number of esters is 1. The number of aromatic nitrogens is 1. The van der Waals surface area contributed by atoms with E-state index >= 15 is 0 Å². The third kappa shape index (κ3) is 5.25. The number of ether oxygens (including phenoxy) is 1. The fourth-order valence-electron chi connectivity index (χ4n) is 3.45. The van der Waals surface area contributed by atoms with E-state index in [0.717, 1.165) is 16.5 Å². The summed E-state index contributed by atoms with van der Waals surface area (Å²) in [5.74, 6) is -1.50. The van der Waals surface area contributed by atoms with Gasteiger partial charge in [0.1, 0.15) is 6.04 Å². The van der Waals surface area contributed by atoms with Gasteiger partial charge in [-0.05, 0) is 35.1 Å². The van der Waals surface area contributed by atoms with Gasteiger partial charge in [0.2, 0.25) is 5.78 Å². The van der Waals surface area contributed by atoms with Gasteiger partial charge in [-0.15, -0.1) is 0 Å². The summed E-state index contributed by atoms with van der Waals surface area (Å²) in [6.45, 7) is 9.55. The highest BCUT2D eigenvalue weighted by Gasteiger charge is 2.27. The standard InChI is InChI=1S/C26H30N2O4/c1-16(2)23(28-24(30)17-10-12-18(13-11-17)26(3,4)5)25(31)32-15-22(29)20-14-27-21-9-7-6-8-19(20)21/h6-14,16,23,27H,15H2,1-5H3,(H,28,30). The van der Waals surface area contributed by atoms with Crippen molar-refractivity contribution in [3.8, 4) is 0 Å². The van der Waals surface area contributed by atoms with Crippen molar-refractivity contribution in [2.45, 2.75) is 46.1 Å². The van der Waals surface area contributed by atoms with E-state index in [1.807, 2.05) is 50.2 Å². The van der Waals surface area contributed by atoms with Crippen LogP contribution in [0.15, 0.2) is 54.7 Å². The third-order valence-corrected chi connectivity index (χ3v) is 5.46. The largest absolute Gasteiger partial charge is 0.456 e. The summed E-state index contributed by atoms with van der Waals surface area (Å²) >= 11 is 0. The van der Waals surface area contributed by atoms with Crippen LogP contribution < -0.4 is 5.32 Å². The fourth-order valence-corrected chi connectivity index (χ4v) is 3.45. The van der Waals surface area contributed by atoms with Crippen LogP contribution in [0, 0.1) is 5.92 Å². The van der Waals surface area contributed by atoms with Crippen LogP contribution in [0.4, 0.5) is 0 Å². The lowest BCUT2D eigenvalue weighted by Gasteiger charge is -2.21. The Labute approximate surface area is 188 Å². The predicted molar refractivity (Wildman–Crippen MR) is 125 cm³/mol. The molecule has 2 aromatic carbocycles. The fraction of sp³-hybridized carbons (Fsp3) is 0.346. The molecule has 1 unspecified atom stereocenters. The summed E-state index contributed by atoms with van der Waals surface area (Å²) in [5, 5.41) is 3.53. The van der Waals surface area contributed by atoms with Crippen molar-refractivity contribution < 1.29 is 19.1 Å². The molecule has 1 aromatic heterocycles. The van der Waals surface area contributed by atoms with Crippen molar-refractivity contribution >= 4 is 28.6 Å². The number of Topliss-reactive ketones (excluding diaryl/α,β-unsaturated/α-hetero) is 1. The van der Waals surface area contributed by atoms with E-state index < -0.39 is 12.0 Å². The molecule has 0 radical (unpaired) electrons. The van der Waals surface area contributed by atoms with Crippen molar-refractivity contribution in [2.24, 2.45) is 5.92 Å².